The standard InChI is InChI=1S/C14H13NO3/c1-9-5-10(14(16)17)3-4-13(9)11-6-12(18-2)8-15-7-11/h3-8H,1-2H3,(H,16,17). The summed E-state index contributed by atoms with van der Waals surface area (Å²) in [6, 6.07) is 6.90. The van der Waals surface area contributed by atoms with E-state index in [0.717, 1.165) is 16.7 Å². The van der Waals surface area contributed by atoms with Crippen LogP contribution in [-0.2, 0) is 0 Å². The molecule has 4 heteroatoms. The molecular formula is C14H13NO3. The fourth-order valence-corrected chi connectivity index (χ4v) is 1.80. The van der Waals surface area contributed by atoms with Crippen molar-refractivity contribution in [1.29, 1.82) is 0 Å². The first-order valence-electron chi connectivity index (χ1n) is 5.45. The van der Waals surface area contributed by atoms with E-state index in [1.807, 2.05) is 13.0 Å². The molecule has 2 rings (SSSR count). The molecule has 1 aromatic carbocycles. The summed E-state index contributed by atoms with van der Waals surface area (Å²) in [4.78, 5) is 15.0. The number of hydrogen-bond acceptors (Lipinski definition) is 3. The highest BCUT2D eigenvalue weighted by Crippen LogP contribution is 2.26. The van der Waals surface area contributed by atoms with E-state index in [1.165, 1.54) is 0 Å². The van der Waals surface area contributed by atoms with Gasteiger partial charge in [0.05, 0.1) is 18.9 Å². The molecule has 0 saturated carbocycles. The third-order valence-electron chi connectivity index (χ3n) is 2.73. The van der Waals surface area contributed by atoms with Crippen molar-refractivity contribution in [2.75, 3.05) is 7.11 Å². The van der Waals surface area contributed by atoms with Gasteiger partial charge in [0.15, 0.2) is 0 Å². The van der Waals surface area contributed by atoms with Crippen LogP contribution >= 0.6 is 0 Å². The van der Waals surface area contributed by atoms with E-state index in [2.05, 4.69) is 4.98 Å². The van der Waals surface area contributed by atoms with Gasteiger partial charge in [-0.3, -0.25) is 4.98 Å². The molecule has 0 saturated heterocycles. The van der Waals surface area contributed by atoms with Gasteiger partial charge in [-0.1, -0.05) is 6.07 Å². The van der Waals surface area contributed by atoms with Crippen LogP contribution in [-0.4, -0.2) is 23.2 Å². The van der Waals surface area contributed by atoms with E-state index in [-0.39, 0.29) is 5.56 Å². The van der Waals surface area contributed by atoms with Gasteiger partial charge in [0.25, 0.3) is 0 Å². The largest absolute Gasteiger partial charge is 0.495 e. The van der Waals surface area contributed by atoms with Crippen LogP contribution in [0.3, 0.4) is 0 Å². The third kappa shape index (κ3) is 2.32. The Balaban J connectivity index is 2.47. The number of carbonyl (C=O) groups is 1. The van der Waals surface area contributed by atoms with Crippen molar-refractivity contribution >= 4 is 5.97 Å². The van der Waals surface area contributed by atoms with E-state index < -0.39 is 5.97 Å². The van der Waals surface area contributed by atoms with Crippen molar-refractivity contribution in [3.05, 3.63) is 47.8 Å². The molecule has 0 unspecified atom stereocenters. The SMILES string of the molecule is COc1cncc(-c2ccc(C(=O)O)cc2C)c1. The van der Waals surface area contributed by atoms with Gasteiger partial charge in [0, 0.05) is 11.8 Å². The van der Waals surface area contributed by atoms with Crippen molar-refractivity contribution in [3.8, 4) is 16.9 Å². The fourth-order valence-electron chi connectivity index (χ4n) is 1.80. The van der Waals surface area contributed by atoms with Gasteiger partial charge in [-0.05, 0) is 36.2 Å². The Bertz CT molecular complexity index is 593. The van der Waals surface area contributed by atoms with Crippen LogP contribution in [0.4, 0.5) is 0 Å². The number of rotatable bonds is 3. The Morgan fingerprint density at radius 1 is 1.28 bits per heavy atom. The third-order valence-corrected chi connectivity index (χ3v) is 2.73. The first-order valence-corrected chi connectivity index (χ1v) is 5.45. The van der Waals surface area contributed by atoms with E-state index >= 15 is 0 Å². The average Bonchev–Trinajstić information content (AvgIpc) is 2.38. The Morgan fingerprint density at radius 2 is 2.06 bits per heavy atom. The molecule has 1 N–H and O–H groups in total. The topological polar surface area (TPSA) is 59.4 Å². The molecule has 0 aliphatic rings. The van der Waals surface area contributed by atoms with Crippen LogP contribution in [0, 0.1) is 6.92 Å². The molecule has 0 radical (unpaired) electrons. The molecule has 1 aromatic heterocycles. The first kappa shape index (κ1) is 12.1. The van der Waals surface area contributed by atoms with Crippen molar-refractivity contribution in [2.24, 2.45) is 0 Å². The van der Waals surface area contributed by atoms with Crippen LogP contribution in [0.2, 0.25) is 0 Å². The maximum absolute atomic E-state index is 10.9. The molecule has 4 nitrogen and oxygen atoms in total. The number of aromatic nitrogens is 1. The maximum atomic E-state index is 10.9. The second-order valence-corrected chi connectivity index (χ2v) is 3.95. The number of benzene rings is 1. The second-order valence-electron chi connectivity index (χ2n) is 3.95. The monoisotopic (exact) mass is 243 g/mol. The average molecular weight is 243 g/mol. The number of nitrogens with zero attached hydrogens (tertiary/aromatic N) is 1. The number of methoxy groups -OCH3 is 1. The zero-order valence-electron chi connectivity index (χ0n) is 10.2. The Morgan fingerprint density at radius 3 is 2.67 bits per heavy atom. The molecule has 0 fully saturated rings. The van der Waals surface area contributed by atoms with E-state index in [1.54, 1.807) is 37.7 Å². The van der Waals surface area contributed by atoms with Crippen molar-refractivity contribution in [1.82, 2.24) is 4.98 Å². The lowest BCUT2D eigenvalue weighted by molar-refractivity contribution is 0.0697. The molecule has 18 heavy (non-hydrogen) atoms. The lowest BCUT2D eigenvalue weighted by Crippen LogP contribution is -1.97. The van der Waals surface area contributed by atoms with E-state index in [0.29, 0.717) is 5.75 Å². The van der Waals surface area contributed by atoms with E-state index in [4.69, 9.17) is 9.84 Å². The molecule has 0 amide bonds. The highest BCUT2D eigenvalue weighted by molar-refractivity contribution is 5.89. The summed E-state index contributed by atoms with van der Waals surface area (Å²) in [5, 5.41) is 8.92. The Hall–Kier alpha value is -2.36. The van der Waals surface area contributed by atoms with Crippen LogP contribution < -0.4 is 4.74 Å². The maximum Gasteiger partial charge on any atom is 0.335 e. The lowest BCUT2D eigenvalue weighted by Gasteiger charge is -2.08. The van der Waals surface area contributed by atoms with Crippen LogP contribution in [0.1, 0.15) is 15.9 Å². The number of carboxylic acids is 1. The number of carboxylic acid groups (broad SMARTS) is 1. The number of pyridine rings is 1. The number of ether oxygens (including phenoxy) is 1. The van der Waals surface area contributed by atoms with Gasteiger partial charge in [-0.15, -0.1) is 0 Å². The van der Waals surface area contributed by atoms with Gasteiger partial charge in [0.2, 0.25) is 0 Å². The molecule has 0 atom stereocenters. The predicted octanol–water partition coefficient (Wildman–Crippen LogP) is 2.76. The quantitative estimate of drug-likeness (QED) is 0.900. The van der Waals surface area contributed by atoms with Crippen LogP contribution in [0.25, 0.3) is 11.1 Å². The van der Waals surface area contributed by atoms with Crippen LogP contribution in [0.15, 0.2) is 36.7 Å². The predicted molar refractivity (Wildman–Crippen MR) is 67.9 cm³/mol. The number of aryl methyl sites for hydroxylation is 1. The minimum Gasteiger partial charge on any atom is -0.495 e. The summed E-state index contributed by atoms with van der Waals surface area (Å²) in [5.41, 5.74) is 3.03. The zero-order valence-corrected chi connectivity index (χ0v) is 10.2. The summed E-state index contributed by atoms with van der Waals surface area (Å²) in [6.07, 6.45) is 3.36. The van der Waals surface area contributed by atoms with Gasteiger partial charge in [0.1, 0.15) is 5.75 Å². The number of hydrogen-bond donors (Lipinski definition) is 1. The molecule has 1 heterocycles. The number of aromatic carboxylic acids is 1. The Kier molecular flexibility index (Phi) is 3.28. The van der Waals surface area contributed by atoms with Crippen molar-refractivity contribution < 1.29 is 14.6 Å². The normalized spacial score (nSPS) is 10.1. The molecule has 0 bridgehead atoms. The Labute approximate surface area is 105 Å². The first-order chi connectivity index (χ1) is 8.61. The van der Waals surface area contributed by atoms with Gasteiger partial charge in [-0.2, -0.15) is 0 Å². The summed E-state index contributed by atoms with van der Waals surface area (Å²) >= 11 is 0. The zero-order chi connectivity index (χ0) is 13.1. The molecule has 0 aliphatic heterocycles. The highest BCUT2D eigenvalue weighted by atomic mass is 16.5. The van der Waals surface area contributed by atoms with Crippen molar-refractivity contribution in [2.45, 2.75) is 6.92 Å². The minimum absolute atomic E-state index is 0.284. The summed E-state index contributed by atoms with van der Waals surface area (Å²) in [5.74, 6) is -0.248. The van der Waals surface area contributed by atoms with Crippen LogP contribution in [0.5, 0.6) is 5.75 Å². The molecule has 0 spiro atoms. The van der Waals surface area contributed by atoms with Gasteiger partial charge >= 0.3 is 5.97 Å². The van der Waals surface area contributed by atoms with Gasteiger partial charge < -0.3 is 9.84 Å². The fraction of sp³-hybridized carbons (Fsp3) is 0.143. The lowest BCUT2D eigenvalue weighted by atomic mass is 9.99. The second kappa shape index (κ2) is 4.87. The molecule has 0 aliphatic carbocycles. The molecule has 2 aromatic rings. The smallest absolute Gasteiger partial charge is 0.335 e. The van der Waals surface area contributed by atoms with Crippen molar-refractivity contribution in [3.63, 3.8) is 0 Å². The summed E-state index contributed by atoms with van der Waals surface area (Å²) in [7, 11) is 1.58. The molecular weight excluding hydrogens is 230 g/mol. The highest BCUT2D eigenvalue weighted by Gasteiger charge is 2.08. The summed E-state index contributed by atoms with van der Waals surface area (Å²) < 4.78 is 5.12. The van der Waals surface area contributed by atoms with Gasteiger partial charge in [-0.25, -0.2) is 4.79 Å². The summed E-state index contributed by atoms with van der Waals surface area (Å²) in [6.45, 7) is 1.88. The molecule has 92 valence electrons. The minimum atomic E-state index is -0.923. The van der Waals surface area contributed by atoms with E-state index in [9.17, 15) is 4.79 Å².